The van der Waals surface area contributed by atoms with Gasteiger partial charge in [0.1, 0.15) is 5.69 Å². The van der Waals surface area contributed by atoms with Crippen molar-refractivity contribution in [2.24, 2.45) is 0 Å². The highest BCUT2D eigenvalue weighted by molar-refractivity contribution is 7.13. The number of nitrogens with one attached hydrogen (secondary N) is 2. The van der Waals surface area contributed by atoms with Crippen LogP contribution in [0.25, 0.3) is 10.1 Å². The summed E-state index contributed by atoms with van der Waals surface area (Å²) in [5.74, 6) is -0.559. The molecule has 1 heterocycles. The zero-order chi connectivity index (χ0) is 20.2. The minimum Gasteiger partial charge on any atom is -0.348 e. The predicted octanol–water partition coefficient (Wildman–Crippen LogP) is 5.13. The molecule has 0 radical (unpaired) electrons. The quantitative estimate of drug-likeness (QED) is 0.469. The second-order valence-corrected chi connectivity index (χ2v) is 7.55. The molecule has 2 N–H and O–H groups in total. The Kier molecular flexibility index (Phi) is 5.55. The molecule has 7 heteroatoms. The number of benzene rings is 3. The normalized spacial score (nSPS) is 10.7. The number of fused-ring (bicyclic) bond motifs is 1. The molecule has 0 unspecified atom stereocenters. The number of anilines is 1. The average Bonchev–Trinajstić information content (AvgIpc) is 3.17. The van der Waals surface area contributed by atoms with E-state index in [2.05, 4.69) is 15.0 Å². The van der Waals surface area contributed by atoms with Gasteiger partial charge in [-0.05, 0) is 47.4 Å². The van der Waals surface area contributed by atoms with Gasteiger partial charge in [-0.2, -0.15) is 4.37 Å². The van der Waals surface area contributed by atoms with Crippen molar-refractivity contribution in [1.29, 1.82) is 0 Å². The standard InChI is InChI=1S/C22H16ClN3O2S/c23-18-10-3-1-6-15(18)13-24-21(27)14-7-5-8-16(12-14)25-22(28)20-17-9-2-4-11-19(17)29-26-20/h1-12H,13H2,(H,24,27)(H,25,28). The number of hydrogen-bond donors (Lipinski definition) is 2. The van der Waals surface area contributed by atoms with Crippen LogP contribution in [0.4, 0.5) is 5.69 Å². The van der Waals surface area contributed by atoms with Crippen molar-refractivity contribution >= 4 is 50.7 Å². The summed E-state index contributed by atoms with van der Waals surface area (Å²) in [5, 5.41) is 7.07. The maximum absolute atomic E-state index is 12.6. The van der Waals surface area contributed by atoms with Gasteiger partial charge < -0.3 is 10.6 Å². The van der Waals surface area contributed by atoms with Gasteiger partial charge in [-0.15, -0.1) is 0 Å². The third-order valence-electron chi connectivity index (χ3n) is 4.37. The molecule has 0 saturated carbocycles. The smallest absolute Gasteiger partial charge is 0.276 e. The SMILES string of the molecule is O=C(NCc1ccccc1Cl)c1cccc(NC(=O)c2nsc3ccccc23)c1. The van der Waals surface area contributed by atoms with Crippen LogP contribution in [0, 0.1) is 0 Å². The number of rotatable bonds is 5. The number of nitrogens with zero attached hydrogens (tertiary/aromatic N) is 1. The summed E-state index contributed by atoms with van der Waals surface area (Å²) in [6, 6.07) is 21.7. The number of halogens is 1. The van der Waals surface area contributed by atoms with Crippen molar-refractivity contribution in [1.82, 2.24) is 9.69 Å². The van der Waals surface area contributed by atoms with Crippen molar-refractivity contribution in [3.63, 3.8) is 0 Å². The van der Waals surface area contributed by atoms with E-state index in [0.29, 0.717) is 28.5 Å². The van der Waals surface area contributed by atoms with E-state index in [0.717, 1.165) is 15.6 Å². The summed E-state index contributed by atoms with van der Waals surface area (Å²) in [4.78, 5) is 25.1. The van der Waals surface area contributed by atoms with E-state index in [9.17, 15) is 9.59 Å². The highest BCUT2D eigenvalue weighted by atomic mass is 35.5. The number of hydrogen-bond acceptors (Lipinski definition) is 4. The van der Waals surface area contributed by atoms with Crippen LogP contribution in [-0.4, -0.2) is 16.2 Å². The van der Waals surface area contributed by atoms with Crippen LogP contribution < -0.4 is 10.6 Å². The molecule has 144 valence electrons. The predicted molar refractivity (Wildman–Crippen MR) is 117 cm³/mol. The van der Waals surface area contributed by atoms with E-state index in [1.807, 2.05) is 42.5 Å². The van der Waals surface area contributed by atoms with Gasteiger partial charge in [-0.25, -0.2) is 0 Å². The van der Waals surface area contributed by atoms with Gasteiger partial charge in [0, 0.05) is 28.2 Å². The molecule has 0 fully saturated rings. The van der Waals surface area contributed by atoms with E-state index in [-0.39, 0.29) is 11.8 Å². The second kappa shape index (κ2) is 8.43. The Morgan fingerprint density at radius 2 is 1.72 bits per heavy atom. The summed E-state index contributed by atoms with van der Waals surface area (Å²) in [7, 11) is 0. The Hall–Kier alpha value is -3.22. The summed E-state index contributed by atoms with van der Waals surface area (Å²) >= 11 is 7.40. The highest BCUT2D eigenvalue weighted by Gasteiger charge is 2.15. The number of amides is 2. The molecule has 0 aliphatic heterocycles. The highest BCUT2D eigenvalue weighted by Crippen LogP contribution is 2.23. The number of carbonyl (C=O) groups excluding carboxylic acids is 2. The van der Waals surface area contributed by atoms with E-state index in [4.69, 9.17) is 11.6 Å². The lowest BCUT2D eigenvalue weighted by Gasteiger charge is -2.09. The fourth-order valence-corrected chi connectivity index (χ4v) is 3.87. The van der Waals surface area contributed by atoms with Crippen LogP contribution in [0.2, 0.25) is 5.02 Å². The van der Waals surface area contributed by atoms with Crippen LogP contribution >= 0.6 is 23.1 Å². The lowest BCUT2D eigenvalue weighted by molar-refractivity contribution is 0.0949. The summed E-state index contributed by atoms with van der Waals surface area (Å²) < 4.78 is 5.21. The maximum atomic E-state index is 12.6. The first-order valence-corrected chi connectivity index (χ1v) is 10.0. The summed E-state index contributed by atoms with van der Waals surface area (Å²) in [6.07, 6.45) is 0. The van der Waals surface area contributed by atoms with E-state index < -0.39 is 0 Å². The monoisotopic (exact) mass is 421 g/mol. The molecule has 0 aliphatic carbocycles. The summed E-state index contributed by atoms with van der Waals surface area (Å²) in [6.45, 7) is 0.319. The van der Waals surface area contributed by atoms with Crippen molar-refractivity contribution in [2.45, 2.75) is 6.54 Å². The van der Waals surface area contributed by atoms with E-state index >= 15 is 0 Å². The van der Waals surface area contributed by atoms with Crippen LogP contribution in [0.15, 0.2) is 72.8 Å². The fraction of sp³-hybridized carbons (Fsp3) is 0.0455. The van der Waals surface area contributed by atoms with Gasteiger partial charge in [-0.3, -0.25) is 9.59 Å². The minimum atomic E-state index is -0.309. The number of carbonyl (C=O) groups is 2. The molecule has 0 saturated heterocycles. The second-order valence-electron chi connectivity index (χ2n) is 6.34. The Morgan fingerprint density at radius 3 is 2.59 bits per heavy atom. The minimum absolute atomic E-state index is 0.250. The molecule has 29 heavy (non-hydrogen) atoms. The first-order valence-electron chi connectivity index (χ1n) is 8.89. The first-order chi connectivity index (χ1) is 14.1. The average molecular weight is 422 g/mol. The van der Waals surface area contributed by atoms with Gasteiger partial charge in [0.25, 0.3) is 11.8 Å². The molecule has 4 aromatic rings. The van der Waals surface area contributed by atoms with E-state index in [1.54, 1.807) is 30.3 Å². The zero-order valence-electron chi connectivity index (χ0n) is 15.2. The van der Waals surface area contributed by atoms with Gasteiger partial charge in [0.05, 0.1) is 4.70 Å². The molecule has 3 aromatic carbocycles. The molecule has 1 aromatic heterocycles. The topological polar surface area (TPSA) is 71.1 Å². The molecule has 0 bridgehead atoms. The van der Waals surface area contributed by atoms with Gasteiger partial charge in [0.15, 0.2) is 0 Å². The molecule has 0 atom stereocenters. The Labute approximate surface area is 176 Å². The van der Waals surface area contributed by atoms with Crippen LogP contribution in [0.3, 0.4) is 0 Å². The van der Waals surface area contributed by atoms with Gasteiger partial charge in [-0.1, -0.05) is 54.1 Å². The maximum Gasteiger partial charge on any atom is 0.276 e. The van der Waals surface area contributed by atoms with Crippen molar-refractivity contribution in [2.75, 3.05) is 5.32 Å². The first kappa shape index (κ1) is 19.1. The molecule has 0 aliphatic rings. The zero-order valence-corrected chi connectivity index (χ0v) is 16.8. The van der Waals surface area contributed by atoms with Crippen LogP contribution in [0.5, 0.6) is 0 Å². The lowest BCUT2D eigenvalue weighted by atomic mass is 10.1. The third kappa shape index (κ3) is 4.29. The Bertz CT molecular complexity index is 1210. The molecule has 0 spiro atoms. The third-order valence-corrected chi connectivity index (χ3v) is 5.57. The van der Waals surface area contributed by atoms with Crippen LogP contribution in [-0.2, 0) is 6.54 Å². The molecular formula is C22H16ClN3O2S. The largest absolute Gasteiger partial charge is 0.348 e. The molecule has 5 nitrogen and oxygen atoms in total. The van der Waals surface area contributed by atoms with Crippen LogP contribution in [0.1, 0.15) is 26.4 Å². The Morgan fingerprint density at radius 1 is 0.931 bits per heavy atom. The van der Waals surface area contributed by atoms with Crippen molar-refractivity contribution in [3.8, 4) is 0 Å². The van der Waals surface area contributed by atoms with E-state index in [1.165, 1.54) is 11.5 Å². The molecular weight excluding hydrogens is 406 g/mol. The number of aromatic nitrogens is 1. The summed E-state index contributed by atoms with van der Waals surface area (Å²) in [5.41, 5.74) is 2.18. The molecule has 2 amide bonds. The van der Waals surface area contributed by atoms with Crippen molar-refractivity contribution in [3.05, 3.63) is 94.6 Å². The van der Waals surface area contributed by atoms with Crippen molar-refractivity contribution < 1.29 is 9.59 Å². The van der Waals surface area contributed by atoms with Gasteiger partial charge >= 0.3 is 0 Å². The molecule has 4 rings (SSSR count). The van der Waals surface area contributed by atoms with Gasteiger partial charge in [0.2, 0.25) is 0 Å². The lowest BCUT2D eigenvalue weighted by Crippen LogP contribution is -2.23. The fourth-order valence-electron chi connectivity index (χ4n) is 2.90. The Balaban J connectivity index is 1.46.